The van der Waals surface area contributed by atoms with Gasteiger partial charge < -0.3 is 10.2 Å². The van der Waals surface area contributed by atoms with Gasteiger partial charge in [0.2, 0.25) is 5.91 Å². The third-order valence-electron chi connectivity index (χ3n) is 4.23. The number of carbonyl (C=O) groups is 1. The number of rotatable bonds is 6. The average Bonchev–Trinajstić information content (AvgIpc) is 3.37. The van der Waals surface area contributed by atoms with Crippen molar-refractivity contribution >= 4 is 17.7 Å². The van der Waals surface area contributed by atoms with E-state index in [1.807, 2.05) is 17.8 Å². The first-order valence-electron chi connectivity index (χ1n) is 7.98. The molecule has 1 N–H and O–H groups in total. The van der Waals surface area contributed by atoms with Gasteiger partial charge in [-0.1, -0.05) is 30.3 Å². The highest BCUT2D eigenvalue weighted by atomic mass is 32.2. The Hall–Kier alpha value is -1.00. The van der Waals surface area contributed by atoms with Gasteiger partial charge in [-0.15, -0.1) is 11.8 Å². The highest BCUT2D eigenvalue weighted by Crippen LogP contribution is 2.30. The molecule has 114 valence electrons. The fourth-order valence-electron chi connectivity index (χ4n) is 2.82. The minimum atomic E-state index is 0.324. The number of thioether (sulfide) groups is 1. The lowest BCUT2D eigenvalue weighted by molar-refractivity contribution is -0.129. The standard InChI is InChI=1S/C17H24N2OS/c20-17(13-21-16-8-10-18-11-9-16)19(15-6-7-15)12-14-4-2-1-3-5-14/h1-5,15-16,18H,6-13H2. The van der Waals surface area contributed by atoms with Crippen LogP contribution in [0.3, 0.4) is 0 Å². The Bertz CT molecular complexity index is 455. The van der Waals surface area contributed by atoms with Crippen molar-refractivity contribution in [2.24, 2.45) is 0 Å². The molecule has 1 aliphatic carbocycles. The van der Waals surface area contributed by atoms with E-state index in [0.717, 1.165) is 19.6 Å². The zero-order valence-corrected chi connectivity index (χ0v) is 13.3. The molecule has 0 bridgehead atoms. The Morgan fingerprint density at radius 3 is 2.52 bits per heavy atom. The fraction of sp³-hybridized carbons (Fsp3) is 0.588. The van der Waals surface area contributed by atoms with E-state index in [9.17, 15) is 4.79 Å². The van der Waals surface area contributed by atoms with Gasteiger partial charge in [0.05, 0.1) is 5.75 Å². The number of hydrogen-bond donors (Lipinski definition) is 1. The van der Waals surface area contributed by atoms with Crippen LogP contribution in [-0.4, -0.2) is 40.9 Å². The summed E-state index contributed by atoms with van der Waals surface area (Å²) in [5, 5.41) is 4.04. The second-order valence-corrected chi connectivity index (χ2v) is 7.29. The van der Waals surface area contributed by atoms with Crippen LogP contribution >= 0.6 is 11.8 Å². The monoisotopic (exact) mass is 304 g/mol. The molecule has 0 unspecified atom stereocenters. The van der Waals surface area contributed by atoms with Crippen LogP contribution in [0.4, 0.5) is 0 Å². The topological polar surface area (TPSA) is 32.3 Å². The number of piperidine rings is 1. The first-order chi connectivity index (χ1) is 10.3. The van der Waals surface area contributed by atoms with Crippen molar-refractivity contribution in [2.45, 2.75) is 43.5 Å². The van der Waals surface area contributed by atoms with E-state index in [1.165, 1.54) is 31.2 Å². The molecule has 1 aromatic rings. The summed E-state index contributed by atoms with van der Waals surface area (Å²) in [5.41, 5.74) is 1.24. The number of nitrogens with one attached hydrogen (secondary N) is 1. The van der Waals surface area contributed by atoms with Crippen LogP contribution in [0.2, 0.25) is 0 Å². The predicted octanol–water partition coefficient (Wildman–Crippen LogP) is 2.66. The van der Waals surface area contributed by atoms with Gasteiger partial charge in [0.25, 0.3) is 0 Å². The summed E-state index contributed by atoms with van der Waals surface area (Å²) in [6.07, 6.45) is 4.74. The molecular formula is C17H24N2OS. The first-order valence-corrected chi connectivity index (χ1v) is 9.03. The molecule has 1 saturated heterocycles. The van der Waals surface area contributed by atoms with E-state index in [2.05, 4.69) is 34.5 Å². The molecule has 0 aromatic heterocycles. The van der Waals surface area contributed by atoms with Crippen molar-refractivity contribution < 1.29 is 4.79 Å². The molecule has 4 heteroatoms. The van der Waals surface area contributed by atoms with E-state index in [4.69, 9.17) is 0 Å². The summed E-state index contributed by atoms with van der Waals surface area (Å²) < 4.78 is 0. The van der Waals surface area contributed by atoms with E-state index in [-0.39, 0.29) is 0 Å². The molecule has 0 spiro atoms. The molecule has 0 atom stereocenters. The molecule has 1 amide bonds. The van der Waals surface area contributed by atoms with Crippen molar-refractivity contribution in [2.75, 3.05) is 18.8 Å². The van der Waals surface area contributed by atoms with Crippen LogP contribution in [0.25, 0.3) is 0 Å². The van der Waals surface area contributed by atoms with Crippen molar-refractivity contribution in [3.63, 3.8) is 0 Å². The lowest BCUT2D eigenvalue weighted by Gasteiger charge is -2.25. The highest BCUT2D eigenvalue weighted by Gasteiger charge is 2.32. The fourth-order valence-corrected chi connectivity index (χ4v) is 3.93. The summed E-state index contributed by atoms with van der Waals surface area (Å²) in [6.45, 7) is 2.97. The van der Waals surface area contributed by atoms with E-state index in [1.54, 1.807) is 0 Å². The van der Waals surface area contributed by atoms with Gasteiger partial charge in [-0.2, -0.15) is 0 Å². The van der Waals surface area contributed by atoms with Crippen molar-refractivity contribution in [3.8, 4) is 0 Å². The maximum atomic E-state index is 12.6. The normalized spacial score (nSPS) is 19.4. The quantitative estimate of drug-likeness (QED) is 0.877. The van der Waals surface area contributed by atoms with Gasteiger partial charge >= 0.3 is 0 Å². The van der Waals surface area contributed by atoms with Crippen molar-refractivity contribution in [1.29, 1.82) is 0 Å². The van der Waals surface area contributed by atoms with Crippen LogP contribution in [0.1, 0.15) is 31.2 Å². The zero-order valence-electron chi connectivity index (χ0n) is 12.5. The molecular weight excluding hydrogens is 280 g/mol. The third kappa shape index (κ3) is 4.48. The highest BCUT2D eigenvalue weighted by molar-refractivity contribution is 8.00. The average molecular weight is 304 g/mol. The lowest BCUT2D eigenvalue weighted by Crippen LogP contribution is -2.35. The summed E-state index contributed by atoms with van der Waals surface area (Å²) in [6, 6.07) is 10.8. The number of nitrogens with zero attached hydrogens (tertiary/aromatic N) is 1. The number of hydrogen-bond acceptors (Lipinski definition) is 3. The Labute approximate surface area is 131 Å². The van der Waals surface area contributed by atoms with Gasteiger partial charge in [-0.05, 0) is 44.3 Å². The first kappa shape index (κ1) is 14.9. The maximum Gasteiger partial charge on any atom is 0.233 e. The Balaban J connectivity index is 1.52. The minimum absolute atomic E-state index is 0.324. The van der Waals surface area contributed by atoms with Crippen LogP contribution in [0.5, 0.6) is 0 Å². The molecule has 3 rings (SSSR count). The summed E-state index contributed by atoms with van der Waals surface area (Å²) in [4.78, 5) is 14.7. The molecule has 3 nitrogen and oxygen atoms in total. The Morgan fingerprint density at radius 1 is 1.14 bits per heavy atom. The van der Waals surface area contributed by atoms with Crippen LogP contribution < -0.4 is 5.32 Å². The Kier molecular flexibility index (Phi) is 5.20. The largest absolute Gasteiger partial charge is 0.335 e. The number of benzene rings is 1. The summed E-state index contributed by atoms with van der Waals surface area (Å²) in [5.74, 6) is 0.971. The van der Waals surface area contributed by atoms with Crippen molar-refractivity contribution in [1.82, 2.24) is 10.2 Å². The SMILES string of the molecule is O=C(CSC1CCNCC1)N(Cc1ccccc1)C1CC1. The molecule has 1 heterocycles. The summed E-state index contributed by atoms with van der Waals surface area (Å²) >= 11 is 1.86. The molecule has 0 radical (unpaired) electrons. The van der Waals surface area contributed by atoms with Crippen LogP contribution in [-0.2, 0) is 11.3 Å². The predicted molar refractivity (Wildman–Crippen MR) is 88.4 cm³/mol. The van der Waals surface area contributed by atoms with E-state index < -0.39 is 0 Å². The summed E-state index contributed by atoms with van der Waals surface area (Å²) in [7, 11) is 0. The minimum Gasteiger partial charge on any atom is -0.335 e. The second-order valence-electron chi connectivity index (χ2n) is 6.00. The number of amides is 1. The number of carbonyl (C=O) groups excluding carboxylic acids is 1. The molecule has 2 fully saturated rings. The van der Waals surface area contributed by atoms with E-state index >= 15 is 0 Å². The van der Waals surface area contributed by atoms with Gasteiger partial charge in [-0.3, -0.25) is 4.79 Å². The van der Waals surface area contributed by atoms with Crippen LogP contribution in [0.15, 0.2) is 30.3 Å². The molecule has 2 aliphatic rings. The molecule has 1 aromatic carbocycles. The van der Waals surface area contributed by atoms with Gasteiger partial charge in [-0.25, -0.2) is 0 Å². The molecule has 1 aliphatic heterocycles. The smallest absolute Gasteiger partial charge is 0.233 e. The van der Waals surface area contributed by atoms with Crippen LogP contribution in [0, 0.1) is 0 Å². The third-order valence-corrected chi connectivity index (χ3v) is 5.59. The molecule has 21 heavy (non-hydrogen) atoms. The van der Waals surface area contributed by atoms with Crippen molar-refractivity contribution in [3.05, 3.63) is 35.9 Å². The molecule has 1 saturated carbocycles. The lowest BCUT2D eigenvalue weighted by atomic mass is 10.2. The van der Waals surface area contributed by atoms with Gasteiger partial charge in [0.15, 0.2) is 0 Å². The second kappa shape index (κ2) is 7.32. The Morgan fingerprint density at radius 2 is 1.86 bits per heavy atom. The zero-order chi connectivity index (χ0) is 14.5. The van der Waals surface area contributed by atoms with Gasteiger partial charge in [0.1, 0.15) is 0 Å². The maximum absolute atomic E-state index is 12.6. The van der Waals surface area contributed by atoms with E-state index in [0.29, 0.717) is 23.0 Å². The van der Waals surface area contributed by atoms with Gasteiger partial charge in [0, 0.05) is 17.8 Å².